The van der Waals surface area contributed by atoms with Crippen molar-refractivity contribution in [2.75, 3.05) is 19.8 Å². The van der Waals surface area contributed by atoms with Crippen molar-refractivity contribution in [3.63, 3.8) is 0 Å². The smallest absolute Gasteiger partial charge is 0.100 e. The van der Waals surface area contributed by atoms with Crippen LogP contribution in [0.1, 0.15) is 66.2 Å². The molecule has 0 aliphatic rings. The average Bonchev–Trinajstić information content (AvgIpc) is 2.50. The number of aliphatic hydroxyl groups excluding tert-OH is 2. The Kier molecular flexibility index (Phi) is 14.1. The molecule has 0 aliphatic carbocycles. The van der Waals surface area contributed by atoms with Crippen molar-refractivity contribution < 1.29 is 14.9 Å². The number of ether oxygens (including phenoxy) is 1. The molecule has 0 fully saturated rings. The van der Waals surface area contributed by atoms with Crippen LogP contribution in [0.15, 0.2) is 34.9 Å². The van der Waals surface area contributed by atoms with Crippen LogP contribution in [0, 0.1) is 0 Å². The van der Waals surface area contributed by atoms with Gasteiger partial charge in [0.05, 0.1) is 13.2 Å². The van der Waals surface area contributed by atoms with Crippen molar-refractivity contribution in [1.82, 2.24) is 0 Å². The second-order valence-corrected chi connectivity index (χ2v) is 6.51. The SMILES string of the molecule is CC(C)=CCC/C(C)=C/CCC(C)=CCCCOCC(O)CO. The summed E-state index contributed by atoms with van der Waals surface area (Å²) in [6.45, 7) is 9.30. The predicted molar refractivity (Wildman–Crippen MR) is 98.6 cm³/mol. The second-order valence-electron chi connectivity index (χ2n) is 6.51. The first-order valence-corrected chi connectivity index (χ1v) is 8.77. The molecular weight excluding hydrogens is 288 g/mol. The molecule has 1 atom stereocenters. The third kappa shape index (κ3) is 15.8. The molecule has 2 N–H and O–H groups in total. The van der Waals surface area contributed by atoms with Crippen molar-refractivity contribution in [3.05, 3.63) is 34.9 Å². The fraction of sp³-hybridized carbons (Fsp3) is 0.700. The zero-order valence-electron chi connectivity index (χ0n) is 15.5. The van der Waals surface area contributed by atoms with Gasteiger partial charge in [-0.05, 0) is 66.2 Å². The minimum absolute atomic E-state index is 0.218. The average molecular weight is 325 g/mol. The quantitative estimate of drug-likeness (QED) is 0.386. The number of aliphatic hydroxyl groups is 2. The summed E-state index contributed by atoms with van der Waals surface area (Å²) >= 11 is 0. The molecule has 0 aromatic heterocycles. The van der Waals surface area contributed by atoms with Crippen LogP contribution in [0.3, 0.4) is 0 Å². The number of hydrogen-bond donors (Lipinski definition) is 2. The first-order chi connectivity index (χ1) is 11.0. The van der Waals surface area contributed by atoms with Gasteiger partial charge in [0, 0.05) is 6.61 Å². The minimum atomic E-state index is -0.751. The van der Waals surface area contributed by atoms with E-state index in [1.165, 1.54) is 16.7 Å². The Hall–Kier alpha value is -0.900. The van der Waals surface area contributed by atoms with Gasteiger partial charge in [-0.3, -0.25) is 0 Å². The van der Waals surface area contributed by atoms with Crippen LogP contribution < -0.4 is 0 Å². The number of rotatable bonds is 13. The molecule has 23 heavy (non-hydrogen) atoms. The lowest BCUT2D eigenvalue weighted by Gasteiger charge is -2.07. The van der Waals surface area contributed by atoms with E-state index >= 15 is 0 Å². The van der Waals surface area contributed by atoms with Crippen molar-refractivity contribution in [2.45, 2.75) is 72.3 Å². The summed E-state index contributed by atoms with van der Waals surface area (Å²) in [7, 11) is 0. The number of hydrogen-bond acceptors (Lipinski definition) is 3. The molecule has 0 spiro atoms. The molecule has 134 valence electrons. The van der Waals surface area contributed by atoms with Gasteiger partial charge in [-0.15, -0.1) is 0 Å². The molecule has 0 heterocycles. The van der Waals surface area contributed by atoms with E-state index in [4.69, 9.17) is 14.9 Å². The monoisotopic (exact) mass is 324 g/mol. The van der Waals surface area contributed by atoms with Crippen molar-refractivity contribution in [3.8, 4) is 0 Å². The van der Waals surface area contributed by atoms with E-state index in [1.807, 2.05) is 0 Å². The number of unbranched alkanes of at least 4 members (excludes halogenated alkanes) is 1. The Morgan fingerprint density at radius 2 is 1.48 bits per heavy atom. The normalized spacial score (nSPS) is 14.0. The second kappa shape index (κ2) is 14.7. The molecule has 3 nitrogen and oxygen atoms in total. The van der Waals surface area contributed by atoms with Gasteiger partial charge in [-0.2, -0.15) is 0 Å². The van der Waals surface area contributed by atoms with Gasteiger partial charge in [-0.1, -0.05) is 34.9 Å². The van der Waals surface area contributed by atoms with E-state index in [0.717, 1.165) is 38.5 Å². The van der Waals surface area contributed by atoms with Crippen LogP contribution in [0.5, 0.6) is 0 Å². The van der Waals surface area contributed by atoms with Gasteiger partial charge in [0.2, 0.25) is 0 Å². The Labute approximate surface area is 142 Å². The number of allylic oxidation sites excluding steroid dienone is 6. The van der Waals surface area contributed by atoms with Crippen LogP contribution in [0.2, 0.25) is 0 Å². The minimum Gasteiger partial charge on any atom is -0.394 e. The van der Waals surface area contributed by atoms with Crippen LogP contribution in [-0.4, -0.2) is 36.1 Å². The molecule has 0 rings (SSSR count). The van der Waals surface area contributed by atoms with Crippen LogP contribution in [0.4, 0.5) is 0 Å². The van der Waals surface area contributed by atoms with Gasteiger partial charge in [0.1, 0.15) is 6.10 Å². The Balaban J connectivity index is 3.71. The van der Waals surface area contributed by atoms with Gasteiger partial charge < -0.3 is 14.9 Å². The van der Waals surface area contributed by atoms with E-state index in [1.54, 1.807) is 0 Å². The largest absolute Gasteiger partial charge is 0.394 e. The van der Waals surface area contributed by atoms with Gasteiger partial charge in [0.25, 0.3) is 0 Å². The summed E-state index contributed by atoms with van der Waals surface area (Å²) in [6.07, 6.45) is 12.7. The lowest BCUT2D eigenvalue weighted by molar-refractivity contribution is 0.00585. The highest BCUT2D eigenvalue weighted by molar-refractivity contribution is 5.05. The summed E-state index contributed by atoms with van der Waals surface area (Å²) in [4.78, 5) is 0. The standard InChI is InChI=1S/C20H36O3/c1-17(2)9-7-11-19(4)13-8-12-18(3)10-5-6-14-23-16-20(22)15-21/h9-10,13,20-22H,5-8,11-12,14-16H2,1-4H3/b18-10?,19-13+. The molecule has 0 saturated carbocycles. The summed E-state index contributed by atoms with van der Waals surface area (Å²) in [6, 6.07) is 0. The molecule has 3 heteroatoms. The highest BCUT2D eigenvalue weighted by Crippen LogP contribution is 2.12. The van der Waals surface area contributed by atoms with Gasteiger partial charge >= 0.3 is 0 Å². The zero-order valence-corrected chi connectivity index (χ0v) is 15.5. The first kappa shape index (κ1) is 22.1. The lowest BCUT2D eigenvalue weighted by Crippen LogP contribution is -2.19. The molecule has 0 amide bonds. The maximum Gasteiger partial charge on any atom is 0.100 e. The van der Waals surface area contributed by atoms with E-state index in [-0.39, 0.29) is 13.2 Å². The molecule has 0 radical (unpaired) electrons. The summed E-state index contributed by atoms with van der Waals surface area (Å²) < 4.78 is 5.28. The molecule has 0 aromatic rings. The Morgan fingerprint density at radius 3 is 2.04 bits per heavy atom. The summed E-state index contributed by atoms with van der Waals surface area (Å²) in [5.74, 6) is 0. The highest BCUT2D eigenvalue weighted by Gasteiger charge is 2.00. The lowest BCUT2D eigenvalue weighted by atomic mass is 10.1. The zero-order chi connectivity index (χ0) is 17.5. The molecule has 0 aliphatic heterocycles. The molecule has 0 aromatic carbocycles. The van der Waals surface area contributed by atoms with Crippen molar-refractivity contribution >= 4 is 0 Å². The Bertz CT molecular complexity index is 376. The molecule has 0 bridgehead atoms. The van der Waals surface area contributed by atoms with E-state index in [0.29, 0.717) is 6.61 Å². The molecule has 1 unspecified atom stereocenters. The summed E-state index contributed by atoms with van der Waals surface area (Å²) in [5.41, 5.74) is 4.30. The maximum absolute atomic E-state index is 9.13. The molecule has 0 saturated heterocycles. The van der Waals surface area contributed by atoms with Crippen LogP contribution >= 0.6 is 0 Å². The third-order valence-electron chi connectivity index (χ3n) is 3.63. The summed E-state index contributed by atoms with van der Waals surface area (Å²) in [5, 5.41) is 17.8. The van der Waals surface area contributed by atoms with E-state index < -0.39 is 6.10 Å². The van der Waals surface area contributed by atoms with Crippen LogP contribution in [-0.2, 0) is 4.74 Å². The maximum atomic E-state index is 9.13. The van der Waals surface area contributed by atoms with Crippen molar-refractivity contribution in [2.24, 2.45) is 0 Å². The van der Waals surface area contributed by atoms with E-state index in [2.05, 4.69) is 45.9 Å². The van der Waals surface area contributed by atoms with Gasteiger partial charge in [-0.25, -0.2) is 0 Å². The van der Waals surface area contributed by atoms with Crippen LogP contribution in [0.25, 0.3) is 0 Å². The topological polar surface area (TPSA) is 49.7 Å². The third-order valence-corrected chi connectivity index (χ3v) is 3.63. The fourth-order valence-electron chi connectivity index (χ4n) is 2.14. The predicted octanol–water partition coefficient (Wildman–Crippen LogP) is 4.56. The van der Waals surface area contributed by atoms with Gasteiger partial charge in [0.15, 0.2) is 0 Å². The Morgan fingerprint density at radius 1 is 0.913 bits per heavy atom. The first-order valence-electron chi connectivity index (χ1n) is 8.77. The molecular formula is C20H36O3. The van der Waals surface area contributed by atoms with E-state index in [9.17, 15) is 0 Å². The fourth-order valence-corrected chi connectivity index (χ4v) is 2.14. The highest BCUT2D eigenvalue weighted by atomic mass is 16.5. The van der Waals surface area contributed by atoms with Crippen molar-refractivity contribution in [1.29, 1.82) is 0 Å².